The van der Waals surface area contributed by atoms with E-state index in [1.165, 1.54) is 141 Å². The van der Waals surface area contributed by atoms with Crippen molar-refractivity contribution in [1.82, 2.24) is 0 Å². The Kier molecular flexibility index (Phi) is 88.4. The van der Waals surface area contributed by atoms with Crippen LogP contribution in [0.5, 0.6) is 0 Å². The summed E-state index contributed by atoms with van der Waals surface area (Å²) in [7, 11) is 4.67. The van der Waals surface area contributed by atoms with Gasteiger partial charge in [-0.05, 0) is 105 Å². The summed E-state index contributed by atoms with van der Waals surface area (Å²) in [6.45, 7) is 14.2. The summed E-state index contributed by atoms with van der Waals surface area (Å²) in [6.07, 6.45) is 48.0. The smallest absolute Gasteiger partial charge is 0.305 e. The van der Waals surface area contributed by atoms with Crippen LogP contribution in [0.15, 0.2) is 49.6 Å². The lowest BCUT2D eigenvalue weighted by Gasteiger charge is -2.02. The van der Waals surface area contributed by atoms with E-state index in [0.29, 0.717) is 30.4 Å². The van der Waals surface area contributed by atoms with Gasteiger partial charge in [0.1, 0.15) is 17.3 Å². The van der Waals surface area contributed by atoms with Crippen molar-refractivity contribution in [3.05, 3.63) is 49.6 Å². The van der Waals surface area contributed by atoms with Gasteiger partial charge < -0.3 is 19.1 Å². The van der Waals surface area contributed by atoms with Gasteiger partial charge in [-0.2, -0.15) is 10.5 Å². The molecule has 0 fully saturated rings. The Morgan fingerprint density at radius 2 is 0.794 bits per heavy atom. The van der Waals surface area contributed by atoms with Gasteiger partial charge in [-0.1, -0.05) is 141 Å². The minimum absolute atomic E-state index is 0. The van der Waals surface area contributed by atoms with Crippen molar-refractivity contribution < 1.29 is 26.9 Å². The van der Waals surface area contributed by atoms with Crippen LogP contribution in [0, 0.1) is 22.7 Å². The Balaban J connectivity index is -0.000000119. The lowest BCUT2D eigenvalue weighted by molar-refractivity contribution is -0.143. The minimum Gasteiger partial charge on any atom is -0.466 e. The molecule has 0 rings (SSSR count). The van der Waals surface area contributed by atoms with E-state index < -0.39 is 0 Å². The Hall–Kier alpha value is -2.28. The van der Waals surface area contributed by atoms with E-state index in [1.54, 1.807) is 32.9 Å². The number of carbonyl (C=O) groups is 4. The molecule has 368 valence electrons. The van der Waals surface area contributed by atoms with E-state index in [9.17, 15) is 19.2 Å². The fourth-order valence-corrected chi connectivity index (χ4v) is 5.90. The topological polar surface area (TPSA) is 125 Å². The number of unbranched alkanes of at least 4 members (excludes halogenated alkanes) is 24. The first-order valence-electron chi connectivity index (χ1n) is 24.6. The lowest BCUT2D eigenvalue weighted by atomic mass is 10.1. The van der Waals surface area contributed by atoms with E-state index in [4.69, 9.17) is 18.2 Å². The van der Waals surface area contributed by atoms with Crippen molar-refractivity contribution in [3.63, 3.8) is 0 Å². The van der Waals surface area contributed by atoms with Crippen LogP contribution in [0.4, 0.5) is 0 Å². The normalized spacial score (nSPS) is 9.65. The Labute approximate surface area is 408 Å². The molecule has 0 spiro atoms. The first-order valence-corrected chi connectivity index (χ1v) is 27.6. The number of hydrogen-bond acceptors (Lipinski definition) is 9. The zero-order valence-corrected chi connectivity index (χ0v) is 44.1. The van der Waals surface area contributed by atoms with E-state index in [1.807, 2.05) is 25.1 Å². The molecule has 0 amide bonds. The third-order valence-electron chi connectivity index (χ3n) is 9.24. The monoisotopic (exact) mass is 959 g/mol. The predicted octanol–water partition coefficient (Wildman–Crippen LogP) is 16.8. The Morgan fingerprint density at radius 3 is 1.06 bits per heavy atom. The number of allylic oxidation sites excluding steroid dienone is 6. The van der Waals surface area contributed by atoms with Gasteiger partial charge in [0.25, 0.3) is 0 Å². The summed E-state index contributed by atoms with van der Waals surface area (Å²) in [5.74, 6) is 0.901. The van der Waals surface area contributed by atoms with Crippen molar-refractivity contribution in [2.45, 2.75) is 241 Å². The lowest BCUT2D eigenvalue weighted by Crippen LogP contribution is -2.03. The van der Waals surface area contributed by atoms with Crippen LogP contribution in [0.1, 0.15) is 244 Å². The molecule has 0 aromatic heterocycles. The second-order valence-corrected chi connectivity index (χ2v) is 15.2. The Morgan fingerprint density at radius 1 is 0.524 bits per heavy atom. The number of ether oxygens (including phenoxy) is 1. The predicted molar refractivity (Wildman–Crippen MR) is 289 cm³/mol. The zero-order chi connectivity index (χ0) is 50.0. The molecule has 2 unspecified atom stereocenters. The number of Topliss-reactive ketones (excluding diaryl/α,β-unsaturated/α-hetero) is 3. The average Bonchev–Trinajstić information content (AvgIpc) is 3.30. The average molecular weight is 959 g/mol. The maximum atomic E-state index is 11.2. The van der Waals surface area contributed by atoms with Gasteiger partial charge in [-0.15, -0.1) is 24.4 Å². The summed E-state index contributed by atoms with van der Waals surface area (Å²) in [6, 6.07) is 3.68. The molecule has 7 nitrogen and oxygen atoms in total. The van der Waals surface area contributed by atoms with Crippen molar-refractivity contribution in [3.8, 4) is 12.1 Å². The molecule has 0 saturated heterocycles. The van der Waals surface area contributed by atoms with Crippen LogP contribution in [-0.2, 0) is 46.3 Å². The minimum atomic E-state index is -0.0504. The molecule has 0 aromatic carbocycles. The fourth-order valence-electron chi connectivity index (χ4n) is 5.90. The van der Waals surface area contributed by atoms with Crippen molar-refractivity contribution >= 4 is 63.6 Å². The van der Waals surface area contributed by atoms with Gasteiger partial charge >= 0.3 is 5.97 Å². The third kappa shape index (κ3) is 99.5. The van der Waals surface area contributed by atoms with Crippen LogP contribution in [-0.4, -0.2) is 29.9 Å². The summed E-state index contributed by atoms with van der Waals surface area (Å²) in [5, 5.41) is 15.8. The van der Waals surface area contributed by atoms with Crippen LogP contribution in [0.2, 0.25) is 0 Å². The first-order chi connectivity index (χ1) is 31.1. The van der Waals surface area contributed by atoms with Gasteiger partial charge in [0.2, 0.25) is 0 Å². The fraction of sp³-hybridized carbons (Fsp3) is 0.731. The molecule has 0 bridgehead atoms. The molecular formula is C52H98N2O5P2S2. The summed E-state index contributed by atoms with van der Waals surface area (Å²) >= 11 is 7.33. The third-order valence-corrected chi connectivity index (χ3v) is 9.24. The summed E-state index contributed by atoms with van der Waals surface area (Å²) in [5.41, 5.74) is 0. The molecule has 0 aliphatic rings. The highest BCUT2D eigenvalue weighted by Gasteiger charge is 2.00. The maximum Gasteiger partial charge on any atom is 0.305 e. The molecule has 0 aliphatic carbocycles. The molecule has 0 aliphatic heterocycles. The molecule has 0 N–H and O–H groups in total. The van der Waals surface area contributed by atoms with Gasteiger partial charge in [-0.3, -0.25) is 4.79 Å². The molecule has 0 heterocycles. The number of rotatable bonds is 37. The Bertz CT molecular complexity index is 1150. The van der Waals surface area contributed by atoms with E-state index in [2.05, 4.69) is 65.5 Å². The maximum absolute atomic E-state index is 11.2. The number of nitriles is 2. The van der Waals surface area contributed by atoms with Gasteiger partial charge in [0.15, 0.2) is 0 Å². The summed E-state index contributed by atoms with van der Waals surface area (Å²) in [4.78, 5) is 43.3. The highest BCUT2D eigenvalue weighted by atomic mass is 32.8. The van der Waals surface area contributed by atoms with Gasteiger partial charge in [-0.25, -0.2) is 0 Å². The van der Waals surface area contributed by atoms with E-state index in [0.717, 1.165) is 64.2 Å². The van der Waals surface area contributed by atoms with Crippen LogP contribution in [0.3, 0.4) is 0 Å². The van der Waals surface area contributed by atoms with Gasteiger partial charge in [0, 0.05) is 63.2 Å². The van der Waals surface area contributed by atoms with Crippen LogP contribution >= 0.6 is 17.9 Å². The quantitative estimate of drug-likeness (QED) is 0.0197. The van der Waals surface area contributed by atoms with E-state index >= 15 is 0 Å². The molecule has 2 atom stereocenters. The molecule has 63 heavy (non-hydrogen) atoms. The second kappa shape index (κ2) is 77.0. The number of hydrogen-bond donors (Lipinski definition) is 0. The summed E-state index contributed by atoms with van der Waals surface area (Å²) < 4.78 is 14.9. The number of ketones is 3. The van der Waals surface area contributed by atoms with E-state index in [-0.39, 0.29) is 13.4 Å². The first kappa shape index (κ1) is 72.3. The SMILES string of the molecule is C.C=CC#N.C=CCCCCCCCCC(C)=O.CC(=O)CCCCCCCCC=CC#N.CCOC(=O)CCCCCCCCC=CCCCCCCCCC(C)=O.PP.S=S.[2H][2H]. The molecule has 0 saturated carbocycles. The standard InChI is InChI=1S/C23H42O3.C13H21NO.C12H22O.C3H3N.CH4.H4P2.S2.H2/c1-3-26-23(25)21-19-17-15-13-11-9-7-5-4-6-8-10-12-14-16-18-20-22(2)24;1-13(15)11-9-7-5-3-2-4-6-8-10-12-14;1-3-4-5-6-7-8-9-10-11-12(2)13;1-2-3-4;;2*1-2;/h4-5H,3,6-21H2,1-2H3;8,10H,2-7,9,11H2,1H3;3H,1,4-11H2,2H3;2H,1H2;1H4;1-2H2;;1H/i;;;;;;;1+1D. The van der Waals surface area contributed by atoms with Crippen molar-refractivity contribution in [1.29, 1.82) is 10.5 Å². The van der Waals surface area contributed by atoms with Crippen molar-refractivity contribution in [2.75, 3.05) is 6.61 Å². The van der Waals surface area contributed by atoms with Gasteiger partial charge in [0.05, 0.1) is 18.7 Å². The number of esters is 1. The molecule has 0 radical (unpaired) electrons. The van der Waals surface area contributed by atoms with Crippen molar-refractivity contribution in [2.24, 2.45) is 0 Å². The van der Waals surface area contributed by atoms with Crippen LogP contribution in [0.25, 0.3) is 0 Å². The molecule has 11 heteroatoms. The second-order valence-electron chi connectivity index (χ2n) is 15.2. The van der Waals surface area contributed by atoms with Crippen LogP contribution < -0.4 is 0 Å². The largest absolute Gasteiger partial charge is 0.466 e. The number of nitrogens with zero attached hydrogens (tertiary/aromatic N) is 2. The molecular weight excluding hydrogens is 859 g/mol. The highest BCUT2D eigenvalue weighted by Crippen LogP contribution is 2.13. The zero-order valence-electron chi connectivity index (χ0n) is 42.1. The molecule has 0 aromatic rings. The highest BCUT2D eigenvalue weighted by molar-refractivity contribution is 8.07. The number of carbonyl (C=O) groups excluding carboxylic acids is 4.